The average Bonchev–Trinajstić information content (AvgIpc) is 2.73. The summed E-state index contributed by atoms with van der Waals surface area (Å²) in [6.45, 7) is 4.85. The van der Waals surface area contributed by atoms with Gasteiger partial charge in [-0.3, -0.25) is 4.79 Å². The number of hydrogen-bond acceptors (Lipinski definition) is 3. The average molecular weight is 413 g/mol. The van der Waals surface area contributed by atoms with Gasteiger partial charge in [0.1, 0.15) is 0 Å². The predicted molar refractivity (Wildman–Crippen MR) is 116 cm³/mol. The van der Waals surface area contributed by atoms with Crippen molar-refractivity contribution in [2.45, 2.75) is 44.0 Å². The van der Waals surface area contributed by atoms with Crippen molar-refractivity contribution in [2.24, 2.45) is 0 Å². The van der Waals surface area contributed by atoms with Crippen LogP contribution in [0.5, 0.6) is 0 Å². The first-order valence-corrected chi connectivity index (χ1v) is 11.5. The normalized spacial score (nSPS) is 16.2. The van der Waals surface area contributed by atoms with Crippen molar-refractivity contribution >= 4 is 22.0 Å². The third-order valence-electron chi connectivity index (χ3n) is 5.27. The van der Waals surface area contributed by atoms with E-state index < -0.39 is 10.0 Å². The predicted octanol–water partition coefficient (Wildman–Crippen LogP) is 3.54. The molecule has 3 rings (SSSR count). The summed E-state index contributed by atoms with van der Waals surface area (Å²) in [5.74, 6) is -0.149. The van der Waals surface area contributed by atoms with E-state index in [0.29, 0.717) is 30.8 Å². The summed E-state index contributed by atoms with van der Waals surface area (Å²) >= 11 is 0. The van der Waals surface area contributed by atoms with Crippen LogP contribution in [0.3, 0.4) is 0 Å². The number of sulfonamides is 1. The molecule has 2 aromatic rings. The Labute approximate surface area is 173 Å². The number of amides is 1. The molecule has 1 aliphatic heterocycles. The lowest BCUT2D eigenvalue weighted by atomic mass is 10.1. The van der Waals surface area contributed by atoms with Gasteiger partial charge in [0.2, 0.25) is 15.9 Å². The lowest BCUT2D eigenvalue weighted by Crippen LogP contribution is -2.46. The Morgan fingerprint density at radius 1 is 1.07 bits per heavy atom. The van der Waals surface area contributed by atoms with Crippen molar-refractivity contribution in [1.29, 1.82) is 0 Å². The Hall–Kier alpha value is -2.44. The van der Waals surface area contributed by atoms with Gasteiger partial charge in [0.05, 0.1) is 4.90 Å². The monoisotopic (exact) mass is 412 g/mol. The highest BCUT2D eigenvalue weighted by Crippen LogP contribution is 2.21. The second-order valence-corrected chi connectivity index (χ2v) is 9.37. The van der Waals surface area contributed by atoms with Crippen LogP contribution in [0.2, 0.25) is 0 Å². The van der Waals surface area contributed by atoms with Crippen molar-refractivity contribution in [3.05, 3.63) is 71.3 Å². The molecule has 1 heterocycles. The molecule has 1 aliphatic rings. The Balaban J connectivity index is 1.51. The molecule has 0 atom stereocenters. The van der Waals surface area contributed by atoms with Crippen LogP contribution in [0.15, 0.2) is 59.5 Å². The minimum Gasteiger partial charge on any atom is -0.350 e. The van der Waals surface area contributed by atoms with Gasteiger partial charge in [0, 0.05) is 25.2 Å². The van der Waals surface area contributed by atoms with E-state index in [0.717, 1.165) is 17.5 Å². The summed E-state index contributed by atoms with van der Waals surface area (Å²) < 4.78 is 27.0. The number of nitrogens with one attached hydrogen (secondary N) is 1. The molecule has 1 amide bonds. The number of hydrogen-bond donors (Lipinski definition) is 1. The number of piperidine rings is 1. The maximum atomic E-state index is 12.8. The molecule has 154 valence electrons. The van der Waals surface area contributed by atoms with Crippen molar-refractivity contribution in [3.8, 4) is 0 Å². The minimum atomic E-state index is -3.48. The third-order valence-corrected chi connectivity index (χ3v) is 7.19. The van der Waals surface area contributed by atoms with Crippen LogP contribution < -0.4 is 5.32 Å². The smallest absolute Gasteiger partial charge is 0.244 e. The fourth-order valence-electron chi connectivity index (χ4n) is 3.39. The third kappa shape index (κ3) is 5.55. The van der Waals surface area contributed by atoms with Crippen LogP contribution in [0.4, 0.5) is 0 Å². The minimum absolute atomic E-state index is 0.0147. The van der Waals surface area contributed by atoms with Crippen LogP contribution in [-0.2, 0) is 21.2 Å². The van der Waals surface area contributed by atoms with Gasteiger partial charge in [-0.1, -0.05) is 48.9 Å². The second-order valence-electron chi connectivity index (χ2n) is 7.43. The molecule has 29 heavy (non-hydrogen) atoms. The molecule has 0 spiro atoms. The lowest BCUT2D eigenvalue weighted by Gasteiger charge is -2.31. The lowest BCUT2D eigenvalue weighted by molar-refractivity contribution is -0.117. The van der Waals surface area contributed by atoms with Crippen LogP contribution in [0.1, 0.15) is 36.5 Å². The Bertz CT molecular complexity index is 956. The summed E-state index contributed by atoms with van der Waals surface area (Å²) in [4.78, 5) is 12.5. The van der Waals surface area contributed by atoms with E-state index in [9.17, 15) is 13.2 Å². The van der Waals surface area contributed by atoms with Gasteiger partial charge in [-0.25, -0.2) is 8.42 Å². The summed E-state index contributed by atoms with van der Waals surface area (Å²) in [6, 6.07) is 15.0. The van der Waals surface area contributed by atoms with E-state index in [-0.39, 0.29) is 11.9 Å². The zero-order valence-electron chi connectivity index (χ0n) is 17.0. The number of carbonyl (C=O) groups excluding carboxylic acids is 1. The van der Waals surface area contributed by atoms with Gasteiger partial charge in [-0.15, -0.1) is 0 Å². The largest absolute Gasteiger partial charge is 0.350 e. The first-order chi connectivity index (χ1) is 13.9. The highest BCUT2D eigenvalue weighted by Gasteiger charge is 2.29. The number of benzene rings is 2. The van der Waals surface area contributed by atoms with Crippen LogP contribution in [-0.4, -0.2) is 37.8 Å². The maximum absolute atomic E-state index is 12.8. The number of rotatable bonds is 6. The molecular weight excluding hydrogens is 384 g/mol. The van der Waals surface area contributed by atoms with Crippen molar-refractivity contribution in [3.63, 3.8) is 0 Å². The fourth-order valence-corrected chi connectivity index (χ4v) is 4.86. The van der Waals surface area contributed by atoms with E-state index in [1.807, 2.05) is 31.2 Å². The van der Waals surface area contributed by atoms with Crippen LogP contribution in [0, 0.1) is 6.92 Å². The van der Waals surface area contributed by atoms with Crippen molar-refractivity contribution in [2.75, 3.05) is 13.1 Å². The number of carbonyl (C=O) groups is 1. The highest BCUT2D eigenvalue weighted by molar-refractivity contribution is 7.89. The standard InChI is InChI=1S/C23H28N2O3S/c1-3-19-6-8-20(9-7-19)10-13-23(26)24-21-14-16-25(17-15-21)29(27,28)22-11-4-18(2)5-12-22/h4-13,21H,3,14-17H2,1-2H3,(H,24,26)/b13-10+. The number of nitrogens with zero attached hydrogens (tertiary/aromatic N) is 1. The fraction of sp³-hybridized carbons (Fsp3) is 0.348. The Kier molecular flexibility index (Phi) is 6.87. The molecule has 1 saturated heterocycles. The van der Waals surface area contributed by atoms with Gasteiger partial charge in [0.25, 0.3) is 0 Å². The van der Waals surface area contributed by atoms with Gasteiger partial charge in [0.15, 0.2) is 0 Å². The molecular formula is C23H28N2O3S. The quantitative estimate of drug-likeness (QED) is 0.738. The molecule has 6 heteroatoms. The van der Waals surface area contributed by atoms with E-state index in [2.05, 4.69) is 24.4 Å². The second kappa shape index (κ2) is 9.37. The first-order valence-electron chi connectivity index (χ1n) is 10.0. The van der Waals surface area contributed by atoms with Crippen molar-refractivity contribution in [1.82, 2.24) is 9.62 Å². The highest BCUT2D eigenvalue weighted by atomic mass is 32.2. The van der Waals surface area contributed by atoms with Gasteiger partial charge in [-0.2, -0.15) is 4.31 Å². The molecule has 0 bridgehead atoms. The Morgan fingerprint density at radius 2 is 1.69 bits per heavy atom. The maximum Gasteiger partial charge on any atom is 0.244 e. The van der Waals surface area contributed by atoms with Gasteiger partial charge >= 0.3 is 0 Å². The van der Waals surface area contributed by atoms with E-state index >= 15 is 0 Å². The van der Waals surface area contributed by atoms with E-state index in [1.54, 1.807) is 18.2 Å². The molecule has 0 saturated carbocycles. The van der Waals surface area contributed by atoms with E-state index in [4.69, 9.17) is 0 Å². The molecule has 1 fully saturated rings. The molecule has 2 aromatic carbocycles. The van der Waals surface area contributed by atoms with Crippen LogP contribution in [0.25, 0.3) is 6.08 Å². The molecule has 1 N–H and O–H groups in total. The van der Waals surface area contributed by atoms with Crippen LogP contribution >= 0.6 is 0 Å². The topological polar surface area (TPSA) is 66.5 Å². The molecule has 0 aromatic heterocycles. The van der Waals surface area contributed by atoms with E-state index in [1.165, 1.54) is 15.9 Å². The molecule has 5 nitrogen and oxygen atoms in total. The van der Waals surface area contributed by atoms with Gasteiger partial charge in [-0.05, 0) is 55.5 Å². The van der Waals surface area contributed by atoms with Crippen molar-refractivity contribution < 1.29 is 13.2 Å². The SMILES string of the molecule is CCc1ccc(/C=C/C(=O)NC2CCN(S(=O)(=O)c3ccc(C)cc3)CC2)cc1. The number of aryl methyl sites for hydroxylation is 2. The van der Waals surface area contributed by atoms with Gasteiger partial charge < -0.3 is 5.32 Å². The molecule has 0 aliphatic carbocycles. The zero-order valence-corrected chi connectivity index (χ0v) is 17.8. The summed E-state index contributed by atoms with van der Waals surface area (Å²) in [6.07, 6.45) is 5.54. The summed E-state index contributed by atoms with van der Waals surface area (Å²) in [7, 11) is -3.48. The molecule has 0 radical (unpaired) electrons. The molecule has 0 unspecified atom stereocenters. The zero-order chi connectivity index (χ0) is 20.9. The summed E-state index contributed by atoms with van der Waals surface area (Å²) in [5, 5.41) is 2.98. The Morgan fingerprint density at radius 3 is 2.28 bits per heavy atom. The first kappa shape index (κ1) is 21.3. The summed E-state index contributed by atoms with van der Waals surface area (Å²) in [5.41, 5.74) is 3.27.